The highest BCUT2D eigenvalue weighted by molar-refractivity contribution is 5.50. The molecule has 1 saturated carbocycles. The molecule has 1 aliphatic carbocycles. The molecule has 0 saturated heterocycles. The molecule has 0 aromatic heterocycles. The lowest BCUT2D eigenvalue weighted by molar-refractivity contribution is 0.288. The molecule has 0 amide bonds. The SMILES string of the molecule is Cc1cc(Cc2c(C)cc(CC3CCC(C)CC3)c(C)c2C)c(C)c(C)c1C. The van der Waals surface area contributed by atoms with Crippen LogP contribution in [0.25, 0.3) is 0 Å². The minimum absolute atomic E-state index is 0.893. The molecule has 0 bridgehead atoms. The highest BCUT2D eigenvalue weighted by Gasteiger charge is 2.20. The smallest absolute Gasteiger partial charge is 0.00176 e. The van der Waals surface area contributed by atoms with Crippen molar-refractivity contribution in [2.75, 3.05) is 0 Å². The van der Waals surface area contributed by atoms with Gasteiger partial charge in [-0.2, -0.15) is 0 Å². The van der Waals surface area contributed by atoms with Crippen molar-refractivity contribution in [3.05, 3.63) is 67.8 Å². The van der Waals surface area contributed by atoms with Crippen molar-refractivity contribution in [3.63, 3.8) is 0 Å². The normalized spacial score (nSPS) is 19.9. The average molecular weight is 377 g/mol. The standard InChI is InChI=1S/C28H40/c1-17-9-11-25(12-10-17)15-26-14-19(3)28(24(8)23(26)7)16-27-13-18(2)20(4)21(5)22(27)6/h13-14,17,25H,9-12,15-16H2,1-8H3. The average Bonchev–Trinajstić information content (AvgIpc) is 2.67. The summed E-state index contributed by atoms with van der Waals surface area (Å²) < 4.78 is 0. The lowest BCUT2D eigenvalue weighted by Crippen LogP contribution is -2.15. The Morgan fingerprint density at radius 1 is 0.643 bits per heavy atom. The predicted molar refractivity (Wildman–Crippen MR) is 124 cm³/mol. The zero-order valence-corrected chi connectivity index (χ0v) is 19.6. The number of benzene rings is 2. The Kier molecular flexibility index (Phi) is 6.37. The van der Waals surface area contributed by atoms with Gasteiger partial charge in [0.25, 0.3) is 0 Å². The Balaban J connectivity index is 1.89. The van der Waals surface area contributed by atoms with Gasteiger partial charge in [0.15, 0.2) is 0 Å². The van der Waals surface area contributed by atoms with E-state index in [9.17, 15) is 0 Å². The maximum absolute atomic E-state index is 2.51. The van der Waals surface area contributed by atoms with Crippen LogP contribution in [0.3, 0.4) is 0 Å². The van der Waals surface area contributed by atoms with E-state index in [-0.39, 0.29) is 0 Å². The second kappa shape index (κ2) is 8.44. The van der Waals surface area contributed by atoms with Gasteiger partial charge >= 0.3 is 0 Å². The number of hydrogen-bond donors (Lipinski definition) is 0. The van der Waals surface area contributed by atoms with E-state index in [2.05, 4.69) is 67.5 Å². The molecule has 3 rings (SSSR count). The van der Waals surface area contributed by atoms with Crippen LogP contribution in [-0.2, 0) is 12.8 Å². The Morgan fingerprint density at radius 3 is 1.86 bits per heavy atom. The molecule has 0 heterocycles. The van der Waals surface area contributed by atoms with Gasteiger partial charge in [0.2, 0.25) is 0 Å². The van der Waals surface area contributed by atoms with Crippen LogP contribution >= 0.6 is 0 Å². The molecular weight excluding hydrogens is 336 g/mol. The van der Waals surface area contributed by atoms with Crippen LogP contribution in [0.2, 0.25) is 0 Å². The second-order valence-corrected chi connectivity index (χ2v) is 9.82. The molecule has 0 atom stereocenters. The van der Waals surface area contributed by atoms with Crippen LogP contribution in [0.5, 0.6) is 0 Å². The molecular formula is C28H40. The van der Waals surface area contributed by atoms with Crippen molar-refractivity contribution in [2.24, 2.45) is 11.8 Å². The van der Waals surface area contributed by atoms with Gasteiger partial charge in [-0.15, -0.1) is 0 Å². The van der Waals surface area contributed by atoms with Crippen molar-refractivity contribution in [1.29, 1.82) is 0 Å². The summed E-state index contributed by atoms with van der Waals surface area (Å²) in [5.41, 5.74) is 15.0. The molecule has 1 aliphatic rings. The molecule has 0 spiro atoms. The lowest BCUT2D eigenvalue weighted by atomic mass is 9.78. The Morgan fingerprint density at radius 2 is 1.21 bits per heavy atom. The first-order chi connectivity index (χ1) is 13.2. The van der Waals surface area contributed by atoms with Crippen molar-refractivity contribution >= 4 is 0 Å². The highest BCUT2D eigenvalue weighted by atomic mass is 14.3. The zero-order chi connectivity index (χ0) is 20.6. The largest absolute Gasteiger partial charge is 0.0625 e. The fourth-order valence-electron chi connectivity index (χ4n) is 5.22. The minimum atomic E-state index is 0.893. The van der Waals surface area contributed by atoms with E-state index in [1.807, 2.05) is 0 Å². The van der Waals surface area contributed by atoms with E-state index in [0.29, 0.717) is 0 Å². The number of aryl methyl sites for hydroxylation is 2. The van der Waals surface area contributed by atoms with Crippen molar-refractivity contribution in [2.45, 2.75) is 93.9 Å². The fraction of sp³-hybridized carbons (Fsp3) is 0.571. The highest BCUT2D eigenvalue weighted by Crippen LogP contribution is 2.34. The quantitative estimate of drug-likeness (QED) is 0.510. The van der Waals surface area contributed by atoms with Crippen molar-refractivity contribution in [1.82, 2.24) is 0 Å². The third-order valence-corrected chi connectivity index (χ3v) is 7.96. The molecule has 1 fully saturated rings. The topological polar surface area (TPSA) is 0 Å². The summed E-state index contributed by atoms with van der Waals surface area (Å²) in [6.07, 6.45) is 8.02. The van der Waals surface area contributed by atoms with E-state index in [0.717, 1.165) is 18.3 Å². The molecule has 0 aliphatic heterocycles. The monoisotopic (exact) mass is 376 g/mol. The second-order valence-electron chi connectivity index (χ2n) is 9.82. The van der Waals surface area contributed by atoms with Gasteiger partial charge < -0.3 is 0 Å². The van der Waals surface area contributed by atoms with Crippen LogP contribution in [0.15, 0.2) is 12.1 Å². The molecule has 0 unspecified atom stereocenters. The molecule has 152 valence electrons. The van der Waals surface area contributed by atoms with Crippen LogP contribution in [0.1, 0.15) is 88.2 Å². The molecule has 2 aromatic carbocycles. The van der Waals surface area contributed by atoms with E-state index in [1.54, 1.807) is 11.1 Å². The fourth-order valence-corrected chi connectivity index (χ4v) is 5.22. The molecule has 0 radical (unpaired) electrons. The Labute approximate surface area is 173 Å². The summed E-state index contributed by atoms with van der Waals surface area (Å²) >= 11 is 0. The summed E-state index contributed by atoms with van der Waals surface area (Å²) in [6.45, 7) is 18.5. The van der Waals surface area contributed by atoms with Gasteiger partial charge in [-0.3, -0.25) is 0 Å². The van der Waals surface area contributed by atoms with Crippen LogP contribution in [0.4, 0.5) is 0 Å². The minimum Gasteiger partial charge on any atom is -0.0625 e. The van der Waals surface area contributed by atoms with E-state index < -0.39 is 0 Å². The first-order valence-corrected chi connectivity index (χ1v) is 11.3. The Hall–Kier alpha value is -1.56. The maximum atomic E-state index is 2.51. The van der Waals surface area contributed by atoms with E-state index in [1.165, 1.54) is 76.6 Å². The van der Waals surface area contributed by atoms with Gasteiger partial charge in [0, 0.05) is 0 Å². The summed E-state index contributed by atoms with van der Waals surface area (Å²) in [6, 6.07) is 4.93. The predicted octanol–water partition coefficient (Wildman–Crippen LogP) is 7.81. The maximum Gasteiger partial charge on any atom is -0.00176 e. The zero-order valence-electron chi connectivity index (χ0n) is 19.6. The Bertz CT molecular complexity index is 861. The van der Waals surface area contributed by atoms with Gasteiger partial charge in [0.05, 0.1) is 0 Å². The first-order valence-electron chi connectivity index (χ1n) is 11.3. The van der Waals surface area contributed by atoms with Gasteiger partial charge in [-0.25, -0.2) is 0 Å². The van der Waals surface area contributed by atoms with E-state index >= 15 is 0 Å². The van der Waals surface area contributed by atoms with Crippen molar-refractivity contribution in [3.8, 4) is 0 Å². The van der Waals surface area contributed by atoms with Gasteiger partial charge in [-0.05, 0) is 142 Å². The molecule has 0 nitrogen and oxygen atoms in total. The third kappa shape index (κ3) is 4.22. The molecule has 0 N–H and O–H groups in total. The van der Waals surface area contributed by atoms with Gasteiger partial charge in [0.1, 0.15) is 0 Å². The van der Waals surface area contributed by atoms with E-state index in [4.69, 9.17) is 0 Å². The first kappa shape index (κ1) is 21.2. The number of hydrogen-bond acceptors (Lipinski definition) is 0. The summed E-state index contributed by atoms with van der Waals surface area (Å²) in [5.74, 6) is 1.83. The summed E-state index contributed by atoms with van der Waals surface area (Å²) in [7, 11) is 0. The van der Waals surface area contributed by atoms with Crippen LogP contribution in [-0.4, -0.2) is 0 Å². The molecule has 0 heteroatoms. The molecule has 28 heavy (non-hydrogen) atoms. The number of rotatable bonds is 4. The lowest BCUT2D eigenvalue weighted by Gasteiger charge is -2.27. The molecule has 2 aromatic rings. The summed E-state index contributed by atoms with van der Waals surface area (Å²) in [5, 5.41) is 0. The summed E-state index contributed by atoms with van der Waals surface area (Å²) in [4.78, 5) is 0. The van der Waals surface area contributed by atoms with Gasteiger partial charge in [-0.1, -0.05) is 31.9 Å². The van der Waals surface area contributed by atoms with Crippen LogP contribution < -0.4 is 0 Å². The van der Waals surface area contributed by atoms with Crippen LogP contribution in [0, 0.1) is 60.3 Å². The van der Waals surface area contributed by atoms with Crippen molar-refractivity contribution < 1.29 is 0 Å². The third-order valence-electron chi connectivity index (χ3n) is 7.96.